The van der Waals surface area contributed by atoms with E-state index < -0.39 is 6.10 Å². The van der Waals surface area contributed by atoms with E-state index in [1.807, 2.05) is 18.2 Å². The summed E-state index contributed by atoms with van der Waals surface area (Å²) in [6.07, 6.45) is -0.440. The van der Waals surface area contributed by atoms with Crippen molar-refractivity contribution in [3.8, 4) is 5.75 Å². The third-order valence-electron chi connectivity index (χ3n) is 3.03. The number of fused-ring (bicyclic) bond motifs is 1. The highest BCUT2D eigenvalue weighted by atomic mass is 79.9. The maximum atomic E-state index is 11.6. The first-order chi connectivity index (χ1) is 9.61. The van der Waals surface area contributed by atoms with Gasteiger partial charge in [0.05, 0.1) is 9.47 Å². The number of carbonyl (C=O) groups excluding carboxylic acids is 1. The second-order valence-electron chi connectivity index (χ2n) is 4.57. The molecule has 1 aromatic carbocycles. The Hall–Kier alpha value is -1.53. The number of thiophene rings is 1. The smallest absolute Gasteiger partial charge is 0.265 e. The Kier molecular flexibility index (Phi) is 3.67. The number of halogens is 1. The van der Waals surface area contributed by atoms with E-state index in [-0.39, 0.29) is 5.91 Å². The molecule has 0 saturated carbocycles. The average Bonchev–Trinajstić information content (AvgIpc) is 2.84. The van der Waals surface area contributed by atoms with Gasteiger partial charge in [-0.25, -0.2) is 0 Å². The standard InChI is InChI=1S/C14H13BrN2O2S/c1-8-14(18)17-11-5-10(2-3-12(11)19-8)16-6-9-4-13(15)20-7-9/h2-5,7-8,16H,6H2,1H3,(H,17,18). The van der Waals surface area contributed by atoms with Crippen molar-refractivity contribution in [1.82, 2.24) is 0 Å². The van der Waals surface area contributed by atoms with E-state index in [2.05, 4.69) is 38.0 Å². The van der Waals surface area contributed by atoms with Crippen LogP contribution in [0.2, 0.25) is 0 Å². The topological polar surface area (TPSA) is 50.4 Å². The molecule has 0 bridgehead atoms. The van der Waals surface area contributed by atoms with Gasteiger partial charge in [-0.05, 0) is 58.1 Å². The fraction of sp³-hybridized carbons (Fsp3) is 0.214. The van der Waals surface area contributed by atoms with E-state index in [0.717, 1.165) is 16.0 Å². The van der Waals surface area contributed by atoms with E-state index in [1.165, 1.54) is 5.56 Å². The van der Waals surface area contributed by atoms with Gasteiger partial charge < -0.3 is 15.4 Å². The van der Waals surface area contributed by atoms with E-state index >= 15 is 0 Å². The number of carbonyl (C=O) groups is 1. The third kappa shape index (κ3) is 2.81. The van der Waals surface area contributed by atoms with Gasteiger partial charge in [0.2, 0.25) is 0 Å². The zero-order valence-electron chi connectivity index (χ0n) is 10.8. The summed E-state index contributed by atoms with van der Waals surface area (Å²) in [5.41, 5.74) is 2.88. The van der Waals surface area contributed by atoms with Crippen LogP contribution in [0, 0.1) is 0 Å². The van der Waals surface area contributed by atoms with Gasteiger partial charge in [-0.3, -0.25) is 4.79 Å². The van der Waals surface area contributed by atoms with Crippen LogP contribution in [-0.2, 0) is 11.3 Å². The van der Waals surface area contributed by atoms with Gasteiger partial charge in [0.25, 0.3) is 5.91 Å². The molecule has 0 saturated heterocycles. The molecule has 3 rings (SSSR count). The lowest BCUT2D eigenvalue weighted by molar-refractivity contribution is -0.122. The zero-order valence-corrected chi connectivity index (χ0v) is 13.2. The second kappa shape index (κ2) is 5.46. The lowest BCUT2D eigenvalue weighted by Crippen LogP contribution is -2.34. The fourth-order valence-electron chi connectivity index (χ4n) is 1.96. The van der Waals surface area contributed by atoms with Crippen molar-refractivity contribution in [2.45, 2.75) is 19.6 Å². The minimum absolute atomic E-state index is 0.114. The summed E-state index contributed by atoms with van der Waals surface area (Å²) in [4.78, 5) is 11.6. The van der Waals surface area contributed by atoms with Crippen molar-refractivity contribution in [2.24, 2.45) is 0 Å². The Morgan fingerprint density at radius 2 is 2.30 bits per heavy atom. The molecule has 1 aromatic heterocycles. The highest BCUT2D eigenvalue weighted by Crippen LogP contribution is 2.32. The molecule has 0 aliphatic carbocycles. The van der Waals surface area contributed by atoms with Crippen molar-refractivity contribution in [2.75, 3.05) is 10.6 Å². The fourth-order valence-corrected chi connectivity index (χ4v) is 3.17. The van der Waals surface area contributed by atoms with Crippen molar-refractivity contribution in [3.63, 3.8) is 0 Å². The summed E-state index contributed by atoms with van der Waals surface area (Å²) in [5, 5.41) is 8.27. The summed E-state index contributed by atoms with van der Waals surface area (Å²) in [5.74, 6) is 0.595. The minimum atomic E-state index is -0.440. The molecule has 1 atom stereocenters. The SMILES string of the molecule is CC1Oc2ccc(NCc3csc(Br)c3)cc2NC1=O. The van der Waals surface area contributed by atoms with Crippen LogP contribution < -0.4 is 15.4 Å². The first-order valence-corrected chi connectivity index (χ1v) is 7.87. The Balaban J connectivity index is 1.72. The maximum Gasteiger partial charge on any atom is 0.265 e. The van der Waals surface area contributed by atoms with Gasteiger partial charge in [-0.1, -0.05) is 0 Å². The summed E-state index contributed by atoms with van der Waals surface area (Å²) >= 11 is 5.11. The van der Waals surface area contributed by atoms with Gasteiger partial charge in [-0.15, -0.1) is 11.3 Å². The molecule has 2 aromatic rings. The Labute approximate surface area is 129 Å². The van der Waals surface area contributed by atoms with Crippen molar-refractivity contribution >= 4 is 44.5 Å². The van der Waals surface area contributed by atoms with Gasteiger partial charge in [0.1, 0.15) is 5.75 Å². The molecule has 104 valence electrons. The lowest BCUT2D eigenvalue weighted by Gasteiger charge is -2.23. The predicted molar refractivity (Wildman–Crippen MR) is 84.5 cm³/mol. The van der Waals surface area contributed by atoms with E-state index in [9.17, 15) is 4.79 Å². The van der Waals surface area contributed by atoms with Crippen molar-refractivity contribution in [1.29, 1.82) is 0 Å². The van der Waals surface area contributed by atoms with Crippen LogP contribution in [0.5, 0.6) is 5.75 Å². The van der Waals surface area contributed by atoms with Crippen molar-refractivity contribution in [3.05, 3.63) is 39.0 Å². The molecule has 1 aliphatic rings. The molecule has 6 heteroatoms. The van der Waals surface area contributed by atoms with Crippen LogP contribution in [0.15, 0.2) is 33.4 Å². The highest BCUT2D eigenvalue weighted by Gasteiger charge is 2.23. The first kappa shape index (κ1) is 13.5. The number of hydrogen-bond acceptors (Lipinski definition) is 4. The number of nitrogens with one attached hydrogen (secondary N) is 2. The van der Waals surface area contributed by atoms with E-state index in [1.54, 1.807) is 18.3 Å². The molecule has 20 heavy (non-hydrogen) atoms. The van der Waals surface area contributed by atoms with Crippen LogP contribution in [0.1, 0.15) is 12.5 Å². The second-order valence-corrected chi connectivity index (χ2v) is 6.86. The highest BCUT2D eigenvalue weighted by molar-refractivity contribution is 9.11. The van der Waals surface area contributed by atoms with Crippen LogP contribution in [0.3, 0.4) is 0 Å². The summed E-state index contributed by atoms with van der Waals surface area (Å²) < 4.78 is 6.64. The quantitative estimate of drug-likeness (QED) is 0.882. The predicted octanol–water partition coefficient (Wildman–Crippen LogP) is 3.84. The van der Waals surface area contributed by atoms with Gasteiger partial charge in [0, 0.05) is 12.2 Å². The molecular weight excluding hydrogens is 340 g/mol. The Morgan fingerprint density at radius 1 is 1.45 bits per heavy atom. The zero-order chi connectivity index (χ0) is 14.1. The number of anilines is 2. The number of amides is 1. The van der Waals surface area contributed by atoms with Gasteiger partial charge >= 0.3 is 0 Å². The van der Waals surface area contributed by atoms with Crippen LogP contribution in [-0.4, -0.2) is 12.0 Å². The Bertz CT molecular complexity index is 656. The largest absolute Gasteiger partial charge is 0.479 e. The molecular formula is C14H13BrN2O2S. The normalized spacial score (nSPS) is 17.1. The number of benzene rings is 1. The summed E-state index contributed by atoms with van der Waals surface area (Å²) in [7, 11) is 0. The molecule has 0 spiro atoms. The molecule has 1 amide bonds. The maximum absolute atomic E-state index is 11.6. The van der Waals surface area contributed by atoms with Crippen molar-refractivity contribution < 1.29 is 9.53 Å². The lowest BCUT2D eigenvalue weighted by atomic mass is 10.2. The molecule has 0 fully saturated rings. The first-order valence-electron chi connectivity index (χ1n) is 6.20. The molecule has 2 heterocycles. The average molecular weight is 353 g/mol. The van der Waals surface area contributed by atoms with Crippen LogP contribution in [0.25, 0.3) is 0 Å². The number of ether oxygens (including phenoxy) is 1. The molecule has 1 unspecified atom stereocenters. The summed E-state index contributed by atoms with van der Waals surface area (Å²) in [6.45, 7) is 2.48. The third-order valence-corrected chi connectivity index (χ3v) is 4.58. The number of rotatable bonds is 3. The molecule has 1 aliphatic heterocycles. The number of hydrogen-bond donors (Lipinski definition) is 2. The van der Waals surface area contributed by atoms with E-state index in [0.29, 0.717) is 11.4 Å². The molecule has 0 radical (unpaired) electrons. The molecule has 2 N–H and O–H groups in total. The van der Waals surface area contributed by atoms with Gasteiger partial charge in [-0.2, -0.15) is 0 Å². The summed E-state index contributed by atoms with van der Waals surface area (Å²) in [6, 6.07) is 7.80. The van der Waals surface area contributed by atoms with Gasteiger partial charge in [0.15, 0.2) is 6.10 Å². The minimum Gasteiger partial charge on any atom is -0.479 e. The molecule has 4 nitrogen and oxygen atoms in total. The van der Waals surface area contributed by atoms with Crippen LogP contribution >= 0.6 is 27.3 Å². The Morgan fingerprint density at radius 3 is 3.05 bits per heavy atom. The van der Waals surface area contributed by atoms with Crippen LogP contribution in [0.4, 0.5) is 11.4 Å². The van der Waals surface area contributed by atoms with E-state index in [4.69, 9.17) is 4.74 Å². The monoisotopic (exact) mass is 352 g/mol.